The van der Waals surface area contributed by atoms with Gasteiger partial charge in [-0.25, -0.2) is 26.8 Å². The number of nitrogen functional groups attached to an aromatic ring is 1. The molecule has 2 aliphatic rings. The number of rotatable bonds is 9. The predicted octanol–water partition coefficient (Wildman–Crippen LogP) is 3.74. The SMILES string of the molecule is C.CCO.CN1CCN(c2ccc(N)c(CS(=O)(=O)c3ccccc3)n2)CC1.CN1CCN(c2ccc([N+](=O)[O-])c(CS(=O)(=O)c3ccccc3)n2)CC1. The molecular formula is C37H52N8O7S2. The molecule has 0 saturated carbocycles. The fraction of sp³-hybridized carbons (Fsp3) is 0.405. The number of likely N-dealkylation sites (N-methyl/N-ethyl adjacent to an activating group) is 2. The van der Waals surface area contributed by atoms with Crippen LogP contribution in [0, 0.1) is 10.1 Å². The van der Waals surface area contributed by atoms with Crippen LogP contribution in [-0.2, 0) is 31.2 Å². The summed E-state index contributed by atoms with van der Waals surface area (Å²) in [5.41, 5.74) is 6.49. The van der Waals surface area contributed by atoms with Gasteiger partial charge in [-0.05, 0) is 63.5 Å². The van der Waals surface area contributed by atoms with Crippen molar-refractivity contribution in [3.63, 3.8) is 0 Å². The molecule has 2 aromatic carbocycles. The number of benzene rings is 2. The molecule has 2 saturated heterocycles. The Morgan fingerprint density at radius 1 is 0.667 bits per heavy atom. The molecule has 0 atom stereocenters. The highest BCUT2D eigenvalue weighted by molar-refractivity contribution is 7.91. The van der Waals surface area contributed by atoms with Crippen LogP contribution < -0.4 is 15.5 Å². The highest BCUT2D eigenvalue weighted by Gasteiger charge is 2.26. The minimum absolute atomic E-state index is 0. The summed E-state index contributed by atoms with van der Waals surface area (Å²) in [6, 6.07) is 22.9. The first-order valence-electron chi connectivity index (χ1n) is 17.2. The van der Waals surface area contributed by atoms with Gasteiger partial charge >= 0.3 is 0 Å². The second kappa shape index (κ2) is 20.1. The number of aliphatic hydroxyl groups is 1. The molecular weight excluding hydrogens is 733 g/mol. The van der Waals surface area contributed by atoms with E-state index in [1.807, 2.05) is 18.0 Å². The molecule has 0 spiro atoms. The van der Waals surface area contributed by atoms with Crippen LogP contribution in [0.4, 0.5) is 23.0 Å². The maximum absolute atomic E-state index is 12.6. The van der Waals surface area contributed by atoms with Gasteiger partial charge in [-0.2, -0.15) is 0 Å². The van der Waals surface area contributed by atoms with Gasteiger partial charge in [0.2, 0.25) is 0 Å². The number of sulfone groups is 2. The van der Waals surface area contributed by atoms with Crippen molar-refractivity contribution in [2.24, 2.45) is 0 Å². The summed E-state index contributed by atoms with van der Waals surface area (Å²) in [6.45, 7) is 8.80. The molecule has 54 heavy (non-hydrogen) atoms. The minimum atomic E-state index is -3.72. The number of hydrogen-bond donors (Lipinski definition) is 2. The summed E-state index contributed by atoms with van der Waals surface area (Å²) < 4.78 is 50.4. The zero-order valence-electron chi connectivity index (χ0n) is 30.3. The molecule has 15 nitrogen and oxygen atoms in total. The summed E-state index contributed by atoms with van der Waals surface area (Å²) in [7, 11) is -3.07. The Morgan fingerprint density at radius 3 is 1.44 bits per heavy atom. The van der Waals surface area contributed by atoms with Crippen molar-refractivity contribution >= 4 is 42.7 Å². The average Bonchev–Trinajstić information content (AvgIpc) is 3.14. The van der Waals surface area contributed by atoms with Gasteiger partial charge in [-0.15, -0.1) is 0 Å². The number of nitrogens with zero attached hydrogens (tertiary/aromatic N) is 7. The monoisotopic (exact) mass is 784 g/mol. The standard InChI is InChI=1S/C17H20N4O4S.C17H22N4O2S.C2H6O.CH4/c1-19-9-11-20(12-10-19)17-8-7-16(21(22)23)15(18-17)13-26(24,25)14-5-3-2-4-6-14;1-20-9-11-21(12-10-20)17-8-7-15(18)16(19-17)13-24(22,23)14-5-3-2-4-6-14;1-2-3;/h2-8H,9-13H2,1H3;2-8H,9-13,18H2,1H3;3H,2H2,1H3;1H4. The Hall–Kier alpha value is -4.68. The Kier molecular flexibility index (Phi) is 16.3. The third-order valence-corrected chi connectivity index (χ3v) is 11.9. The number of aromatic nitrogens is 2. The van der Waals surface area contributed by atoms with Crippen LogP contribution >= 0.6 is 0 Å². The van der Waals surface area contributed by atoms with Crippen LogP contribution in [0.1, 0.15) is 25.7 Å². The van der Waals surface area contributed by atoms with E-state index in [0.29, 0.717) is 17.2 Å². The second-order valence-corrected chi connectivity index (χ2v) is 16.6. The lowest BCUT2D eigenvalue weighted by molar-refractivity contribution is -0.385. The normalized spacial score (nSPS) is 15.2. The van der Waals surface area contributed by atoms with Crippen LogP contribution in [0.3, 0.4) is 0 Å². The zero-order chi connectivity index (χ0) is 38.6. The van der Waals surface area contributed by atoms with Gasteiger partial charge < -0.3 is 30.4 Å². The first-order valence-corrected chi connectivity index (χ1v) is 20.5. The zero-order valence-corrected chi connectivity index (χ0v) is 31.9. The first-order chi connectivity index (χ1) is 25.2. The summed E-state index contributed by atoms with van der Waals surface area (Å²) >= 11 is 0. The largest absolute Gasteiger partial charge is 0.397 e. The third-order valence-electron chi connectivity index (χ3n) is 8.64. The summed E-state index contributed by atoms with van der Waals surface area (Å²) in [4.78, 5) is 28.7. The predicted molar refractivity (Wildman–Crippen MR) is 213 cm³/mol. The lowest BCUT2D eigenvalue weighted by Crippen LogP contribution is -2.44. The molecule has 2 aliphatic heterocycles. The van der Waals surface area contributed by atoms with E-state index >= 15 is 0 Å². The van der Waals surface area contributed by atoms with Crippen molar-refractivity contribution in [1.29, 1.82) is 0 Å². The minimum Gasteiger partial charge on any atom is -0.397 e. The lowest BCUT2D eigenvalue weighted by Gasteiger charge is -2.33. The van der Waals surface area contributed by atoms with Gasteiger partial charge in [0, 0.05) is 65.0 Å². The van der Waals surface area contributed by atoms with E-state index in [0.717, 1.165) is 58.2 Å². The third kappa shape index (κ3) is 12.2. The Labute approximate surface area is 319 Å². The van der Waals surface area contributed by atoms with Crippen LogP contribution in [0.15, 0.2) is 94.7 Å². The molecule has 17 heteroatoms. The molecule has 294 valence electrons. The number of anilines is 3. The second-order valence-electron chi connectivity index (χ2n) is 12.6. The van der Waals surface area contributed by atoms with Crippen molar-refractivity contribution < 1.29 is 26.9 Å². The van der Waals surface area contributed by atoms with Crippen LogP contribution in [0.25, 0.3) is 0 Å². The molecule has 6 rings (SSSR count). The van der Waals surface area contributed by atoms with Crippen LogP contribution in [0.5, 0.6) is 0 Å². The highest BCUT2D eigenvalue weighted by Crippen LogP contribution is 2.26. The maximum Gasteiger partial charge on any atom is 0.291 e. The number of piperazine rings is 2. The van der Waals surface area contributed by atoms with E-state index < -0.39 is 30.4 Å². The number of nitro groups is 1. The topological polar surface area (TPSA) is 196 Å². The van der Waals surface area contributed by atoms with Gasteiger partial charge in [0.15, 0.2) is 19.7 Å². The summed E-state index contributed by atoms with van der Waals surface area (Å²) in [5.74, 6) is 0.664. The lowest BCUT2D eigenvalue weighted by atomic mass is 10.2. The molecule has 4 heterocycles. The van der Waals surface area contributed by atoms with Crippen LogP contribution in [-0.4, -0.2) is 120 Å². The molecule has 0 radical (unpaired) electrons. The Balaban J connectivity index is 0.000000267. The molecule has 0 amide bonds. The molecule has 0 unspecified atom stereocenters. The molecule has 4 aromatic rings. The van der Waals surface area contributed by atoms with Gasteiger partial charge in [0.05, 0.1) is 31.8 Å². The Bertz CT molecular complexity index is 2010. The van der Waals surface area contributed by atoms with Crippen molar-refractivity contribution in [3.05, 3.63) is 106 Å². The van der Waals surface area contributed by atoms with Gasteiger partial charge in [0.1, 0.15) is 23.1 Å². The molecule has 2 aromatic heterocycles. The van der Waals surface area contributed by atoms with Crippen molar-refractivity contribution in [1.82, 2.24) is 19.8 Å². The number of hydrogen-bond acceptors (Lipinski definition) is 14. The first kappa shape index (κ1) is 43.7. The van der Waals surface area contributed by atoms with E-state index in [1.165, 1.54) is 18.2 Å². The van der Waals surface area contributed by atoms with Gasteiger partial charge in [-0.1, -0.05) is 43.8 Å². The summed E-state index contributed by atoms with van der Waals surface area (Å²) in [5, 5.41) is 18.9. The number of nitrogens with two attached hydrogens (primary N) is 1. The maximum atomic E-state index is 12.6. The van der Waals surface area contributed by atoms with E-state index in [9.17, 15) is 26.9 Å². The number of pyridine rings is 2. The van der Waals surface area contributed by atoms with E-state index in [-0.39, 0.29) is 41.0 Å². The molecule has 3 N–H and O–H groups in total. The average molecular weight is 785 g/mol. The highest BCUT2D eigenvalue weighted by atomic mass is 32.2. The fourth-order valence-corrected chi connectivity index (χ4v) is 8.22. The van der Waals surface area contributed by atoms with Crippen molar-refractivity contribution in [2.45, 2.75) is 35.6 Å². The quantitative estimate of drug-likeness (QED) is 0.184. The van der Waals surface area contributed by atoms with Gasteiger partial charge in [-0.3, -0.25) is 10.1 Å². The molecule has 0 aliphatic carbocycles. The number of aliphatic hydroxyl groups excluding tert-OH is 1. The molecule has 2 fully saturated rings. The van der Waals surface area contributed by atoms with Gasteiger partial charge in [0.25, 0.3) is 5.69 Å². The van der Waals surface area contributed by atoms with E-state index in [2.05, 4.69) is 31.7 Å². The molecule has 0 bridgehead atoms. The van der Waals surface area contributed by atoms with E-state index in [1.54, 1.807) is 67.6 Å². The Morgan fingerprint density at radius 2 is 1.04 bits per heavy atom. The fourth-order valence-electron chi connectivity index (χ4n) is 5.58. The van der Waals surface area contributed by atoms with E-state index in [4.69, 9.17) is 10.8 Å². The summed E-state index contributed by atoms with van der Waals surface area (Å²) in [6.07, 6.45) is 0. The van der Waals surface area contributed by atoms with Crippen molar-refractivity contribution in [3.8, 4) is 0 Å². The van der Waals surface area contributed by atoms with Crippen LogP contribution in [0.2, 0.25) is 0 Å². The van der Waals surface area contributed by atoms with Crippen molar-refractivity contribution in [2.75, 3.05) is 88.6 Å². The smallest absolute Gasteiger partial charge is 0.291 e.